The largest absolute Gasteiger partial charge is 0.463 e. The number of aromatic nitrogens is 1. The summed E-state index contributed by atoms with van der Waals surface area (Å²) in [6.45, 7) is -1.92. The van der Waals surface area contributed by atoms with Crippen LogP contribution in [0.5, 0.6) is 0 Å². The Kier molecular flexibility index (Phi) is 8.42. The van der Waals surface area contributed by atoms with E-state index in [1.54, 1.807) is 30.3 Å². The summed E-state index contributed by atoms with van der Waals surface area (Å²) < 4.78 is 59.2. The maximum atomic E-state index is 12.6. The number of halogens is 1. The molecule has 43 heavy (non-hydrogen) atoms. The lowest BCUT2D eigenvalue weighted by Crippen LogP contribution is -2.60. The molecule has 3 aromatic rings. The summed E-state index contributed by atoms with van der Waals surface area (Å²) in [6, 6.07) is 12.2. The molecule has 0 bridgehead atoms. The van der Waals surface area contributed by atoms with Gasteiger partial charge in [-0.2, -0.15) is 0 Å². The second-order valence-electron chi connectivity index (χ2n) is 9.73. The minimum Gasteiger partial charge on any atom is -0.463 e. The van der Waals surface area contributed by atoms with Gasteiger partial charge in [0, 0.05) is 50.2 Å². The van der Waals surface area contributed by atoms with Crippen molar-refractivity contribution in [3.05, 3.63) is 70.4 Å². The molecule has 4 rings (SSSR count). The van der Waals surface area contributed by atoms with E-state index < -0.39 is 94.8 Å². The summed E-state index contributed by atoms with van der Waals surface area (Å²) in [6.07, 6.45) is -6.67. The molecule has 12 heteroatoms. The predicted octanol–water partition coefficient (Wildman–Crippen LogP) is 4.19. The Morgan fingerprint density at radius 1 is 0.930 bits per heavy atom. The molecule has 1 aliphatic rings. The molecule has 1 fully saturated rings. The highest BCUT2D eigenvalue weighted by molar-refractivity contribution is 6.35. The molecule has 0 spiro atoms. The first kappa shape index (κ1) is 26.7. The number of esters is 4. The summed E-state index contributed by atoms with van der Waals surface area (Å²) >= 11 is 6.66. The van der Waals surface area contributed by atoms with Crippen molar-refractivity contribution in [1.82, 2.24) is 4.57 Å². The zero-order chi connectivity index (χ0) is 34.2. The third kappa shape index (κ3) is 7.18. The average molecular weight is 620 g/mol. The molecule has 2 aromatic carbocycles. The predicted molar refractivity (Wildman–Crippen MR) is 154 cm³/mol. The van der Waals surface area contributed by atoms with E-state index in [9.17, 15) is 24.3 Å². The van der Waals surface area contributed by atoms with Gasteiger partial charge in [-0.3, -0.25) is 19.2 Å². The fourth-order valence-corrected chi connectivity index (χ4v) is 5.39. The van der Waals surface area contributed by atoms with Crippen molar-refractivity contribution in [2.45, 2.75) is 77.7 Å². The van der Waals surface area contributed by atoms with Crippen molar-refractivity contribution >= 4 is 46.4 Å². The third-order valence-corrected chi connectivity index (χ3v) is 7.24. The van der Waals surface area contributed by atoms with Gasteiger partial charge in [0.05, 0.1) is 10.5 Å². The number of fused-ring (bicyclic) bond motifs is 1. The number of aliphatic hydroxyl groups is 1. The van der Waals surface area contributed by atoms with Crippen molar-refractivity contribution < 1.29 is 53.5 Å². The lowest BCUT2D eigenvalue weighted by atomic mass is 9.97. The first-order chi connectivity index (χ1) is 22.6. The molecule has 0 saturated carbocycles. The van der Waals surface area contributed by atoms with Gasteiger partial charge in [0.15, 0.2) is 24.5 Å². The summed E-state index contributed by atoms with van der Waals surface area (Å²) in [5, 5.41) is 12.2. The van der Waals surface area contributed by atoms with Gasteiger partial charge < -0.3 is 33.4 Å². The van der Waals surface area contributed by atoms with Gasteiger partial charge in [0.2, 0.25) is 0 Å². The Labute approximate surface area is 259 Å². The van der Waals surface area contributed by atoms with Crippen molar-refractivity contribution in [2.75, 3.05) is 6.61 Å². The molecule has 1 N–H and O–H groups in total. The van der Waals surface area contributed by atoms with E-state index in [0.717, 1.165) is 12.0 Å². The van der Waals surface area contributed by atoms with E-state index >= 15 is 0 Å². The monoisotopic (exact) mass is 619 g/mol. The van der Waals surface area contributed by atoms with Crippen LogP contribution in [0.4, 0.5) is 0 Å². The molecule has 1 aromatic heterocycles. The van der Waals surface area contributed by atoms with Gasteiger partial charge in [0.1, 0.15) is 18.8 Å². The van der Waals surface area contributed by atoms with E-state index in [1.807, 2.05) is 19.1 Å². The fraction of sp³-hybridized carbons (Fsp3) is 0.419. The second kappa shape index (κ2) is 13.6. The van der Waals surface area contributed by atoms with Crippen LogP contribution in [0, 0.1) is 0 Å². The van der Waals surface area contributed by atoms with Crippen molar-refractivity contribution in [1.29, 1.82) is 0 Å². The number of hydrogen-bond donors (Lipinski definition) is 1. The number of aryl methyl sites for hydroxylation is 1. The summed E-state index contributed by atoms with van der Waals surface area (Å²) in [5.41, 5.74) is 2.32. The van der Waals surface area contributed by atoms with Crippen LogP contribution >= 0.6 is 11.6 Å². The molecule has 2 unspecified atom stereocenters. The van der Waals surface area contributed by atoms with Crippen molar-refractivity contribution in [2.24, 2.45) is 0 Å². The molecular formula is C31H34ClNO10. The third-order valence-electron chi connectivity index (χ3n) is 6.93. The van der Waals surface area contributed by atoms with Crippen molar-refractivity contribution in [3.8, 4) is 0 Å². The van der Waals surface area contributed by atoms with Crippen LogP contribution in [-0.2, 0) is 49.3 Å². The second-order valence-corrected chi connectivity index (χ2v) is 10.1. The number of rotatable bonds is 9. The Morgan fingerprint density at radius 2 is 1.56 bits per heavy atom. The number of hydrogen-bond acceptors (Lipinski definition) is 10. The molecule has 11 nitrogen and oxygen atoms in total. The Bertz CT molecular complexity index is 1590. The summed E-state index contributed by atoms with van der Waals surface area (Å²) in [5.74, 6) is -4.19. The number of carbonyl (C=O) groups excluding carboxylic acids is 4. The number of carbonyl (C=O) groups is 4. The smallest absolute Gasteiger partial charge is 0.303 e. The van der Waals surface area contributed by atoms with E-state index in [4.69, 9.17) is 40.8 Å². The van der Waals surface area contributed by atoms with Crippen molar-refractivity contribution in [3.63, 3.8) is 0 Å². The first-order valence-electron chi connectivity index (χ1n) is 16.0. The number of nitrogens with zero attached hydrogens (tertiary/aromatic N) is 1. The highest BCUT2D eigenvalue weighted by atomic mass is 35.5. The average Bonchev–Trinajstić information content (AvgIpc) is 3.48. The Morgan fingerprint density at radius 3 is 2.19 bits per heavy atom. The molecule has 6 atom stereocenters. The van der Waals surface area contributed by atoms with E-state index in [1.165, 1.54) is 10.8 Å². The number of ether oxygens (including phenoxy) is 5. The maximum absolute atomic E-state index is 12.6. The van der Waals surface area contributed by atoms with E-state index in [0.29, 0.717) is 22.0 Å². The standard InChI is InChI=1S/C31H34ClNO10/c1-6-20-10-12-21(13-11-20)27(38)22-14-33(24-9-7-8-23(32)26(22)24)31-30(42-19(5)37)29(41-18(4)36)28(40-17(3)35)25(43-31)15-39-16(2)34/h7-14,25,27-31,38H,6,15H2,1-5H3/t25-,27?,28-,29+,30-,31?/m1/s1/i2D,3D,4D,5D. The molecular weight excluding hydrogens is 582 g/mol. The van der Waals surface area contributed by atoms with Crippen LogP contribution in [0.3, 0.4) is 0 Å². The molecule has 1 aliphatic heterocycles. The maximum Gasteiger partial charge on any atom is 0.303 e. The van der Waals surface area contributed by atoms with Crippen LogP contribution in [0.25, 0.3) is 10.9 Å². The van der Waals surface area contributed by atoms with Crippen LogP contribution in [0.2, 0.25) is 5.02 Å². The van der Waals surface area contributed by atoms with Crippen LogP contribution in [0.15, 0.2) is 48.7 Å². The lowest BCUT2D eigenvalue weighted by molar-refractivity contribution is -0.267. The molecule has 0 radical (unpaired) electrons. The Hall–Kier alpha value is -3.93. The van der Waals surface area contributed by atoms with Gasteiger partial charge in [-0.1, -0.05) is 48.9 Å². The zero-order valence-corrected chi connectivity index (χ0v) is 24.0. The van der Waals surface area contributed by atoms with Gasteiger partial charge in [-0.25, -0.2) is 0 Å². The minimum atomic E-state index is -1.68. The summed E-state index contributed by atoms with van der Waals surface area (Å²) in [7, 11) is 0. The van der Waals surface area contributed by atoms with Crippen LogP contribution in [0.1, 0.15) is 69.0 Å². The minimum absolute atomic E-state index is 0.261. The highest BCUT2D eigenvalue weighted by Crippen LogP contribution is 2.41. The van der Waals surface area contributed by atoms with E-state index in [2.05, 4.69) is 0 Å². The first-order valence-corrected chi connectivity index (χ1v) is 13.6. The zero-order valence-electron chi connectivity index (χ0n) is 27.3. The molecule has 1 saturated heterocycles. The van der Waals surface area contributed by atoms with Gasteiger partial charge in [-0.05, 0) is 29.7 Å². The Balaban J connectivity index is 1.91. The fourth-order valence-electron chi connectivity index (χ4n) is 5.12. The molecule has 0 aliphatic carbocycles. The topological polar surface area (TPSA) is 140 Å². The van der Waals surface area contributed by atoms with E-state index in [-0.39, 0.29) is 5.02 Å². The van der Waals surface area contributed by atoms with Crippen LogP contribution < -0.4 is 0 Å². The highest BCUT2D eigenvalue weighted by Gasteiger charge is 2.53. The molecule has 0 amide bonds. The normalized spacial score (nSPS) is 23.7. The molecule has 2 heterocycles. The lowest BCUT2D eigenvalue weighted by Gasteiger charge is -2.44. The number of aliphatic hydroxyl groups excluding tert-OH is 1. The van der Waals surface area contributed by atoms with Crippen LogP contribution in [-0.4, -0.2) is 64.6 Å². The molecule has 230 valence electrons. The summed E-state index contributed by atoms with van der Waals surface area (Å²) in [4.78, 5) is 49.4. The number of benzene rings is 2. The quantitative estimate of drug-likeness (QED) is 0.274. The van der Waals surface area contributed by atoms with Gasteiger partial charge in [0.25, 0.3) is 0 Å². The van der Waals surface area contributed by atoms with Gasteiger partial charge in [-0.15, -0.1) is 0 Å². The SMILES string of the molecule is [2H]CC(=O)OC[C@H]1OC(n2cc(C(O)c3ccc(CC)cc3)c3c(Cl)cccc32)[C@H](OC(=O)C[2H])[C@@H](OC(=O)C[2H])[C@@H]1OC(=O)C[2H]. The van der Waals surface area contributed by atoms with Gasteiger partial charge >= 0.3 is 23.9 Å².